The highest BCUT2D eigenvalue weighted by Crippen LogP contribution is 2.12. The standard InChI is InChI=1S/C17H24N2O2/c1-13-6-7-15(12-14(13)2)16(20)8-9-17(21)18-19-10-4-3-5-11-19/h6-7,12H,3-5,8-11H2,1-2H3,(H,18,21). The molecule has 1 amide bonds. The number of hydrogen-bond donors (Lipinski definition) is 1. The Hall–Kier alpha value is -1.68. The molecule has 0 spiro atoms. The molecular weight excluding hydrogens is 264 g/mol. The minimum Gasteiger partial charge on any atom is -0.294 e. The van der Waals surface area contributed by atoms with E-state index in [9.17, 15) is 9.59 Å². The van der Waals surface area contributed by atoms with E-state index in [0.717, 1.165) is 31.5 Å². The van der Waals surface area contributed by atoms with Crippen LogP contribution >= 0.6 is 0 Å². The number of ketones is 1. The van der Waals surface area contributed by atoms with E-state index in [1.807, 2.05) is 37.1 Å². The van der Waals surface area contributed by atoms with Gasteiger partial charge in [-0.05, 0) is 43.9 Å². The lowest BCUT2D eigenvalue weighted by atomic mass is 10.0. The molecule has 1 N–H and O–H groups in total. The summed E-state index contributed by atoms with van der Waals surface area (Å²) >= 11 is 0. The largest absolute Gasteiger partial charge is 0.294 e. The third kappa shape index (κ3) is 4.67. The molecule has 4 nitrogen and oxygen atoms in total. The monoisotopic (exact) mass is 288 g/mol. The first-order chi connectivity index (χ1) is 10.1. The van der Waals surface area contributed by atoms with E-state index in [1.165, 1.54) is 12.0 Å². The molecule has 1 fully saturated rings. The zero-order chi connectivity index (χ0) is 15.2. The van der Waals surface area contributed by atoms with Gasteiger partial charge in [-0.15, -0.1) is 0 Å². The number of piperidine rings is 1. The van der Waals surface area contributed by atoms with Crippen LogP contribution in [-0.2, 0) is 4.79 Å². The van der Waals surface area contributed by atoms with Gasteiger partial charge in [0, 0.05) is 31.5 Å². The van der Waals surface area contributed by atoms with Crippen molar-refractivity contribution in [3.8, 4) is 0 Å². The summed E-state index contributed by atoms with van der Waals surface area (Å²) in [4.78, 5) is 24.0. The van der Waals surface area contributed by atoms with Crippen LogP contribution in [0, 0.1) is 13.8 Å². The van der Waals surface area contributed by atoms with Gasteiger partial charge in [-0.3, -0.25) is 15.0 Å². The summed E-state index contributed by atoms with van der Waals surface area (Å²) in [6.07, 6.45) is 4.01. The zero-order valence-electron chi connectivity index (χ0n) is 12.9. The number of rotatable bonds is 5. The fraction of sp³-hybridized carbons (Fsp3) is 0.529. The molecule has 1 heterocycles. The van der Waals surface area contributed by atoms with Gasteiger partial charge in [0.15, 0.2) is 5.78 Å². The normalized spacial score (nSPS) is 15.7. The van der Waals surface area contributed by atoms with Crippen molar-refractivity contribution in [2.24, 2.45) is 0 Å². The van der Waals surface area contributed by atoms with E-state index in [4.69, 9.17) is 0 Å². The number of hydrogen-bond acceptors (Lipinski definition) is 3. The van der Waals surface area contributed by atoms with Crippen LogP contribution in [0.4, 0.5) is 0 Å². The van der Waals surface area contributed by atoms with Crippen molar-refractivity contribution in [2.45, 2.75) is 46.0 Å². The number of nitrogens with one attached hydrogen (secondary N) is 1. The maximum absolute atomic E-state index is 12.1. The van der Waals surface area contributed by atoms with Crippen molar-refractivity contribution in [3.05, 3.63) is 34.9 Å². The van der Waals surface area contributed by atoms with E-state index >= 15 is 0 Å². The number of aryl methyl sites for hydroxylation is 2. The summed E-state index contributed by atoms with van der Waals surface area (Å²) in [5.74, 6) is -0.0269. The van der Waals surface area contributed by atoms with Gasteiger partial charge in [-0.2, -0.15) is 0 Å². The number of amides is 1. The minimum absolute atomic E-state index is 0.0342. The van der Waals surface area contributed by atoms with Crippen molar-refractivity contribution in [1.82, 2.24) is 10.4 Å². The van der Waals surface area contributed by atoms with Gasteiger partial charge < -0.3 is 0 Å². The second-order valence-electron chi connectivity index (χ2n) is 5.80. The lowest BCUT2D eigenvalue weighted by molar-refractivity contribution is -0.126. The molecule has 0 bridgehead atoms. The van der Waals surface area contributed by atoms with E-state index < -0.39 is 0 Å². The quantitative estimate of drug-likeness (QED) is 0.848. The third-order valence-electron chi connectivity index (χ3n) is 4.05. The first-order valence-electron chi connectivity index (χ1n) is 7.71. The summed E-state index contributed by atoms with van der Waals surface area (Å²) < 4.78 is 0. The van der Waals surface area contributed by atoms with Gasteiger partial charge in [-0.1, -0.05) is 18.6 Å². The summed E-state index contributed by atoms with van der Waals surface area (Å²) in [7, 11) is 0. The van der Waals surface area contributed by atoms with Crippen molar-refractivity contribution < 1.29 is 9.59 Å². The minimum atomic E-state index is -0.0610. The second-order valence-corrected chi connectivity index (χ2v) is 5.80. The Morgan fingerprint density at radius 3 is 2.43 bits per heavy atom. The van der Waals surface area contributed by atoms with Crippen LogP contribution < -0.4 is 5.43 Å². The molecule has 1 aliphatic heterocycles. The molecule has 0 radical (unpaired) electrons. The molecule has 0 unspecified atom stereocenters. The maximum atomic E-state index is 12.1. The zero-order valence-corrected chi connectivity index (χ0v) is 12.9. The molecule has 0 atom stereocenters. The summed E-state index contributed by atoms with van der Waals surface area (Å²) in [5.41, 5.74) is 5.87. The molecule has 2 rings (SSSR count). The Balaban J connectivity index is 1.80. The van der Waals surface area contributed by atoms with Crippen molar-refractivity contribution in [2.75, 3.05) is 13.1 Å². The number of hydrazine groups is 1. The average Bonchev–Trinajstić information content (AvgIpc) is 2.48. The van der Waals surface area contributed by atoms with Crippen LogP contribution in [0.2, 0.25) is 0 Å². The van der Waals surface area contributed by atoms with Crippen LogP contribution in [0.25, 0.3) is 0 Å². The Bertz CT molecular complexity index is 520. The highest BCUT2D eigenvalue weighted by atomic mass is 16.2. The molecule has 0 aromatic heterocycles. The van der Waals surface area contributed by atoms with Crippen LogP contribution in [0.1, 0.15) is 53.6 Å². The maximum Gasteiger partial charge on any atom is 0.234 e. The van der Waals surface area contributed by atoms with Gasteiger partial charge >= 0.3 is 0 Å². The molecule has 1 saturated heterocycles. The molecule has 1 aromatic carbocycles. The fourth-order valence-corrected chi connectivity index (χ4v) is 2.52. The van der Waals surface area contributed by atoms with Gasteiger partial charge in [-0.25, -0.2) is 5.01 Å². The van der Waals surface area contributed by atoms with Gasteiger partial charge in [0.05, 0.1) is 0 Å². The lowest BCUT2D eigenvalue weighted by Crippen LogP contribution is -2.45. The molecule has 114 valence electrons. The fourth-order valence-electron chi connectivity index (χ4n) is 2.52. The molecule has 0 saturated carbocycles. The number of nitrogens with zero attached hydrogens (tertiary/aromatic N) is 1. The van der Waals surface area contributed by atoms with Gasteiger partial charge in [0.25, 0.3) is 0 Å². The van der Waals surface area contributed by atoms with Crippen LogP contribution in [0.3, 0.4) is 0 Å². The second kappa shape index (κ2) is 7.36. The summed E-state index contributed by atoms with van der Waals surface area (Å²) in [6.45, 7) is 5.85. The molecule has 4 heteroatoms. The average molecular weight is 288 g/mol. The highest BCUT2D eigenvalue weighted by molar-refractivity contribution is 5.98. The predicted octanol–water partition coefficient (Wildman–Crippen LogP) is 2.78. The topological polar surface area (TPSA) is 49.4 Å². The van der Waals surface area contributed by atoms with Gasteiger partial charge in [0.2, 0.25) is 5.91 Å². The Morgan fingerprint density at radius 1 is 1.05 bits per heavy atom. The molecule has 21 heavy (non-hydrogen) atoms. The summed E-state index contributed by atoms with van der Waals surface area (Å²) in [5, 5.41) is 1.96. The Kier molecular flexibility index (Phi) is 5.51. The smallest absolute Gasteiger partial charge is 0.234 e. The summed E-state index contributed by atoms with van der Waals surface area (Å²) in [6, 6.07) is 5.70. The molecule has 1 aromatic rings. The van der Waals surface area contributed by atoms with Gasteiger partial charge in [0.1, 0.15) is 0 Å². The predicted molar refractivity (Wildman–Crippen MR) is 83.0 cm³/mol. The Labute approximate surface area is 126 Å². The van der Waals surface area contributed by atoms with E-state index in [2.05, 4.69) is 5.43 Å². The SMILES string of the molecule is Cc1ccc(C(=O)CCC(=O)NN2CCCCC2)cc1C. The van der Waals surface area contributed by atoms with E-state index in [1.54, 1.807) is 0 Å². The number of benzene rings is 1. The lowest BCUT2D eigenvalue weighted by Gasteiger charge is -2.26. The highest BCUT2D eigenvalue weighted by Gasteiger charge is 2.14. The molecule has 0 aliphatic carbocycles. The van der Waals surface area contributed by atoms with Crippen molar-refractivity contribution >= 4 is 11.7 Å². The van der Waals surface area contributed by atoms with E-state index in [0.29, 0.717) is 5.56 Å². The van der Waals surface area contributed by atoms with Crippen LogP contribution in [0.15, 0.2) is 18.2 Å². The number of Topliss-reactive ketones (excluding diaryl/α,β-unsaturated/α-hetero) is 1. The van der Waals surface area contributed by atoms with Crippen molar-refractivity contribution in [3.63, 3.8) is 0 Å². The van der Waals surface area contributed by atoms with E-state index in [-0.39, 0.29) is 24.5 Å². The van der Waals surface area contributed by atoms with Crippen LogP contribution in [-0.4, -0.2) is 29.8 Å². The van der Waals surface area contributed by atoms with Crippen LogP contribution in [0.5, 0.6) is 0 Å². The number of carbonyl (C=O) groups is 2. The van der Waals surface area contributed by atoms with Crippen molar-refractivity contribution in [1.29, 1.82) is 0 Å². The first kappa shape index (κ1) is 15.7. The molecular formula is C17H24N2O2. The first-order valence-corrected chi connectivity index (χ1v) is 7.71. The third-order valence-corrected chi connectivity index (χ3v) is 4.05. The molecule has 1 aliphatic rings. The Morgan fingerprint density at radius 2 is 1.76 bits per heavy atom. The number of carbonyl (C=O) groups excluding carboxylic acids is 2.